The molecule has 2 rings (SSSR count). The monoisotopic (exact) mass is 518 g/mol. The van der Waals surface area contributed by atoms with Crippen molar-refractivity contribution in [3.05, 3.63) is 48.5 Å². The van der Waals surface area contributed by atoms with Gasteiger partial charge in [-0.3, -0.25) is 9.59 Å². The zero-order chi connectivity index (χ0) is 25.1. The molecule has 0 aromatic heterocycles. The van der Waals surface area contributed by atoms with E-state index in [0.29, 0.717) is 24.2 Å². The maximum atomic E-state index is 12.5. The summed E-state index contributed by atoms with van der Waals surface area (Å²) in [5, 5.41) is 16.3. The van der Waals surface area contributed by atoms with Crippen molar-refractivity contribution in [3.63, 3.8) is 0 Å². The lowest BCUT2D eigenvalue weighted by Gasteiger charge is -2.17. The summed E-state index contributed by atoms with van der Waals surface area (Å²) in [6, 6.07) is 10.9. The number of benzene rings is 2. The van der Waals surface area contributed by atoms with Crippen molar-refractivity contribution in [2.75, 3.05) is 23.0 Å². The molecule has 0 aliphatic carbocycles. The molecule has 2 aromatic carbocycles. The highest BCUT2D eigenvalue weighted by Gasteiger charge is 2.28. The second kappa shape index (κ2) is 13.9. The molecule has 0 fully saturated rings. The van der Waals surface area contributed by atoms with E-state index < -0.39 is 30.8 Å². The highest BCUT2D eigenvalue weighted by Crippen LogP contribution is 2.22. The Morgan fingerprint density at radius 2 is 1.74 bits per heavy atom. The number of carbonyl (C=O) groups excluding carboxylic acids is 2. The van der Waals surface area contributed by atoms with Gasteiger partial charge in [-0.15, -0.1) is 12.4 Å². The zero-order valence-electron chi connectivity index (χ0n) is 18.4. The number of rotatable bonds is 11. The number of amides is 3. The summed E-state index contributed by atoms with van der Waals surface area (Å²) >= 11 is 0. The summed E-state index contributed by atoms with van der Waals surface area (Å²) in [6.45, 7) is -1.49. The van der Waals surface area contributed by atoms with Gasteiger partial charge in [-0.05, 0) is 37.1 Å². The fourth-order valence-electron chi connectivity index (χ4n) is 2.93. The van der Waals surface area contributed by atoms with Crippen molar-refractivity contribution < 1.29 is 37.4 Å². The van der Waals surface area contributed by atoms with Gasteiger partial charge in [0.2, 0.25) is 11.8 Å². The highest BCUT2D eigenvalue weighted by atomic mass is 35.5. The number of ether oxygens (including phenoxy) is 1. The second-order valence-electron chi connectivity index (χ2n) is 7.30. The third-order valence-corrected chi connectivity index (χ3v) is 4.50. The Morgan fingerprint density at radius 3 is 2.40 bits per heavy atom. The summed E-state index contributed by atoms with van der Waals surface area (Å²) < 4.78 is 41.6. The van der Waals surface area contributed by atoms with Crippen molar-refractivity contribution in [2.45, 2.75) is 37.9 Å². The average Bonchev–Trinajstić information content (AvgIpc) is 2.75. The molecule has 13 heteroatoms. The Hall–Kier alpha value is -3.67. The SMILES string of the molecule is Cl.Nc1ccccc1NC(=O)CCCCC(NC(=O)O)C(=O)Nc1cccc(OCC(F)(F)F)c1. The average molecular weight is 519 g/mol. The molecule has 6 N–H and O–H groups in total. The number of hydrogen-bond donors (Lipinski definition) is 5. The van der Waals surface area contributed by atoms with E-state index in [-0.39, 0.29) is 42.6 Å². The van der Waals surface area contributed by atoms with Crippen LogP contribution in [0.4, 0.5) is 35.0 Å². The number of nitrogens with one attached hydrogen (secondary N) is 3. The first-order chi connectivity index (χ1) is 16.0. The molecule has 1 unspecified atom stereocenters. The minimum atomic E-state index is -4.51. The molecular formula is C22H26ClF3N4O5. The van der Waals surface area contributed by atoms with E-state index in [9.17, 15) is 27.6 Å². The lowest BCUT2D eigenvalue weighted by molar-refractivity contribution is -0.153. The molecule has 0 spiro atoms. The lowest BCUT2D eigenvalue weighted by Crippen LogP contribution is -2.43. The first-order valence-corrected chi connectivity index (χ1v) is 10.3. The molecule has 1 atom stereocenters. The quantitative estimate of drug-likeness (QED) is 0.220. The number of carbonyl (C=O) groups is 3. The van der Waals surface area contributed by atoms with Gasteiger partial charge >= 0.3 is 12.3 Å². The van der Waals surface area contributed by atoms with E-state index in [4.69, 9.17) is 10.8 Å². The van der Waals surface area contributed by atoms with Crippen LogP contribution in [0, 0.1) is 0 Å². The third-order valence-electron chi connectivity index (χ3n) is 4.50. The number of para-hydroxylation sites is 2. The first kappa shape index (κ1) is 29.4. The Labute approximate surface area is 205 Å². The molecule has 0 aliphatic rings. The van der Waals surface area contributed by atoms with Crippen molar-refractivity contribution in [3.8, 4) is 5.75 Å². The predicted octanol–water partition coefficient (Wildman–Crippen LogP) is 4.41. The topological polar surface area (TPSA) is 143 Å². The number of unbranched alkanes of at least 4 members (excludes halogenated alkanes) is 1. The maximum absolute atomic E-state index is 12.5. The number of halogens is 4. The Morgan fingerprint density at radius 1 is 1.03 bits per heavy atom. The van der Waals surface area contributed by atoms with Gasteiger partial charge in [-0.1, -0.05) is 24.6 Å². The van der Waals surface area contributed by atoms with Crippen molar-refractivity contribution in [1.29, 1.82) is 0 Å². The Balaban J connectivity index is 0.00000612. The van der Waals surface area contributed by atoms with Crippen LogP contribution in [0.25, 0.3) is 0 Å². The molecule has 0 radical (unpaired) electrons. The van der Waals surface area contributed by atoms with E-state index in [1.807, 2.05) is 0 Å². The van der Waals surface area contributed by atoms with E-state index in [2.05, 4.69) is 20.7 Å². The van der Waals surface area contributed by atoms with Crippen LogP contribution >= 0.6 is 12.4 Å². The number of nitrogen functional groups attached to an aromatic ring is 1. The summed E-state index contributed by atoms with van der Waals surface area (Å²) in [4.78, 5) is 35.7. The van der Waals surface area contributed by atoms with Gasteiger partial charge < -0.3 is 31.5 Å². The van der Waals surface area contributed by atoms with Crippen LogP contribution in [-0.4, -0.2) is 41.8 Å². The molecule has 0 saturated carbocycles. The molecule has 0 aliphatic heterocycles. The summed E-state index contributed by atoms with van der Waals surface area (Å²) in [6.07, 6.45) is -4.97. The molecule has 0 bridgehead atoms. The molecule has 9 nitrogen and oxygen atoms in total. The van der Waals surface area contributed by atoms with E-state index in [1.54, 1.807) is 24.3 Å². The van der Waals surface area contributed by atoms with Crippen LogP contribution in [0.3, 0.4) is 0 Å². The van der Waals surface area contributed by atoms with E-state index in [1.165, 1.54) is 24.3 Å². The second-order valence-corrected chi connectivity index (χ2v) is 7.30. The van der Waals surface area contributed by atoms with E-state index >= 15 is 0 Å². The summed E-state index contributed by atoms with van der Waals surface area (Å²) in [7, 11) is 0. The van der Waals surface area contributed by atoms with E-state index in [0.717, 1.165) is 0 Å². The normalized spacial score (nSPS) is 11.5. The summed E-state index contributed by atoms with van der Waals surface area (Å²) in [5.41, 5.74) is 6.82. The predicted molar refractivity (Wildman–Crippen MR) is 127 cm³/mol. The molecule has 192 valence electrons. The molecule has 0 heterocycles. The molecule has 0 saturated heterocycles. The number of nitrogens with two attached hydrogens (primary N) is 1. The smallest absolute Gasteiger partial charge is 0.422 e. The molecule has 3 amide bonds. The number of carboxylic acid groups (broad SMARTS) is 1. The molecular weight excluding hydrogens is 493 g/mol. The largest absolute Gasteiger partial charge is 0.484 e. The third kappa shape index (κ3) is 11.3. The Kier molecular flexibility index (Phi) is 11.7. The van der Waals surface area contributed by atoms with Gasteiger partial charge in [0.25, 0.3) is 0 Å². The number of alkyl halides is 3. The minimum Gasteiger partial charge on any atom is -0.484 e. The Bertz CT molecular complexity index is 1010. The fourth-order valence-corrected chi connectivity index (χ4v) is 2.93. The van der Waals surface area contributed by atoms with Gasteiger partial charge in [0.1, 0.15) is 11.8 Å². The number of anilines is 3. The maximum Gasteiger partial charge on any atom is 0.422 e. The van der Waals surface area contributed by atoms with Crippen LogP contribution in [0.15, 0.2) is 48.5 Å². The van der Waals surface area contributed by atoms with Crippen molar-refractivity contribution >= 4 is 47.4 Å². The van der Waals surface area contributed by atoms with Crippen molar-refractivity contribution in [2.24, 2.45) is 0 Å². The van der Waals surface area contributed by atoms with Crippen LogP contribution < -0.4 is 26.4 Å². The first-order valence-electron chi connectivity index (χ1n) is 10.3. The van der Waals surface area contributed by atoms with Gasteiger partial charge in [0.05, 0.1) is 11.4 Å². The van der Waals surface area contributed by atoms with Crippen LogP contribution in [0.2, 0.25) is 0 Å². The van der Waals surface area contributed by atoms with Gasteiger partial charge in [0, 0.05) is 18.2 Å². The standard InChI is InChI=1S/C22H25F3N4O5.ClH/c23-22(24,25)13-34-15-7-5-6-14(12-15)27-20(31)18(29-21(32)33)10-3-4-11-19(30)28-17-9-2-1-8-16(17)26;/h1-2,5-9,12,18,29H,3-4,10-11,13,26H2,(H,27,31)(H,28,30)(H,32,33);1H. The molecule has 2 aromatic rings. The zero-order valence-corrected chi connectivity index (χ0v) is 19.2. The van der Waals surface area contributed by atoms with Gasteiger partial charge in [-0.2, -0.15) is 13.2 Å². The van der Waals surface area contributed by atoms with Crippen LogP contribution in [-0.2, 0) is 9.59 Å². The lowest BCUT2D eigenvalue weighted by atomic mass is 10.1. The van der Waals surface area contributed by atoms with Crippen LogP contribution in [0.5, 0.6) is 5.75 Å². The highest BCUT2D eigenvalue weighted by molar-refractivity contribution is 5.96. The van der Waals surface area contributed by atoms with Crippen LogP contribution in [0.1, 0.15) is 25.7 Å². The fraction of sp³-hybridized carbons (Fsp3) is 0.318. The van der Waals surface area contributed by atoms with Crippen molar-refractivity contribution in [1.82, 2.24) is 5.32 Å². The van der Waals surface area contributed by atoms with Gasteiger partial charge in [-0.25, -0.2) is 4.79 Å². The summed E-state index contributed by atoms with van der Waals surface area (Å²) in [5.74, 6) is -1.08. The number of hydrogen-bond acceptors (Lipinski definition) is 5. The van der Waals surface area contributed by atoms with Gasteiger partial charge in [0.15, 0.2) is 6.61 Å². The minimum absolute atomic E-state index is 0. The molecule has 35 heavy (non-hydrogen) atoms.